The Morgan fingerprint density at radius 1 is 1.22 bits per heavy atom. The molecule has 2 N–H and O–H groups in total. The van der Waals surface area contributed by atoms with Gasteiger partial charge in [0.25, 0.3) is 0 Å². The molecule has 0 saturated carbocycles. The lowest BCUT2D eigenvalue weighted by atomic mass is 10.0. The smallest absolute Gasteiger partial charge is 0.166 e. The molecule has 0 radical (unpaired) electrons. The number of unbranched alkanes of at least 4 members (excludes halogenated alkanes) is 1. The second-order valence-corrected chi connectivity index (χ2v) is 4.03. The first-order valence-corrected chi connectivity index (χ1v) is 6.41. The van der Waals surface area contributed by atoms with Crippen molar-refractivity contribution in [3.8, 4) is 6.07 Å². The van der Waals surface area contributed by atoms with Gasteiger partial charge in [-0.15, -0.1) is 5.10 Å². The molecule has 0 aliphatic heterocycles. The molecule has 0 atom stereocenters. The van der Waals surface area contributed by atoms with Crippen LogP contribution in [0, 0.1) is 11.3 Å². The van der Waals surface area contributed by atoms with Crippen molar-refractivity contribution in [2.45, 2.75) is 39.5 Å². The predicted octanol–water partition coefficient (Wildman–Crippen LogP) is 1.66. The van der Waals surface area contributed by atoms with Crippen molar-refractivity contribution in [3.63, 3.8) is 0 Å². The van der Waals surface area contributed by atoms with Gasteiger partial charge in [0.1, 0.15) is 11.6 Å². The first kappa shape index (κ1) is 14.4. The van der Waals surface area contributed by atoms with E-state index in [1.165, 1.54) is 0 Å². The van der Waals surface area contributed by atoms with Crippen LogP contribution >= 0.6 is 0 Å². The number of nitrogens with one attached hydrogen (secondary N) is 1. The monoisotopic (exact) mass is 248 g/mol. The van der Waals surface area contributed by atoms with E-state index in [9.17, 15) is 5.26 Å². The number of aliphatic hydroxyl groups excluding tert-OH is 1. The van der Waals surface area contributed by atoms with Crippen LogP contribution in [-0.4, -0.2) is 28.5 Å². The summed E-state index contributed by atoms with van der Waals surface area (Å²) in [5.74, 6) is 0.560. The molecule has 0 aromatic carbocycles. The molecule has 5 nitrogen and oxygen atoms in total. The Hall–Kier alpha value is -1.67. The summed E-state index contributed by atoms with van der Waals surface area (Å²) in [6.07, 6.45) is 3.17. The maximum Gasteiger partial charge on any atom is 0.166 e. The van der Waals surface area contributed by atoms with E-state index >= 15 is 0 Å². The van der Waals surface area contributed by atoms with Gasteiger partial charge >= 0.3 is 0 Å². The fourth-order valence-corrected chi connectivity index (χ4v) is 1.86. The Morgan fingerprint density at radius 2 is 2.00 bits per heavy atom. The molecule has 1 aromatic rings. The molecule has 5 heteroatoms. The first-order chi connectivity index (χ1) is 8.78. The summed E-state index contributed by atoms with van der Waals surface area (Å²) in [7, 11) is 0. The van der Waals surface area contributed by atoms with E-state index in [4.69, 9.17) is 5.11 Å². The first-order valence-electron chi connectivity index (χ1n) is 6.41. The van der Waals surface area contributed by atoms with E-state index in [2.05, 4.69) is 21.6 Å². The maximum atomic E-state index is 9.26. The van der Waals surface area contributed by atoms with E-state index in [1.54, 1.807) is 0 Å². The van der Waals surface area contributed by atoms with Crippen LogP contribution in [-0.2, 0) is 12.8 Å². The Kier molecular flexibility index (Phi) is 6.09. The highest BCUT2D eigenvalue weighted by Gasteiger charge is 2.13. The maximum absolute atomic E-state index is 9.26. The summed E-state index contributed by atoms with van der Waals surface area (Å²) in [6, 6.07) is 2.22. The molecule has 0 aliphatic carbocycles. The number of aliphatic hydroxyl groups is 1. The van der Waals surface area contributed by atoms with Gasteiger partial charge in [-0.05, 0) is 31.2 Å². The highest BCUT2D eigenvalue weighted by atomic mass is 16.2. The molecule has 18 heavy (non-hydrogen) atoms. The third-order valence-electron chi connectivity index (χ3n) is 2.84. The van der Waals surface area contributed by atoms with Crippen molar-refractivity contribution >= 4 is 5.82 Å². The van der Waals surface area contributed by atoms with Crippen LogP contribution in [0.25, 0.3) is 0 Å². The van der Waals surface area contributed by atoms with Gasteiger partial charge in [0.2, 0.25) is 0 Å². The van der Waals surface area contributed by atoms with Crippen LogP contribution < -0.4 is 5.32 Å². The van der Waals surface area contributed by atoms with E-state index < -0.39 is 0 Å². The summed E-state index contributed by atoms with van der Waals surface area (Å²) < 4.78 is 0. The lowest BCUT2D eigenvalue weighted by Gasteiger charge is -2.11. The van der Waals surface area contributed by atoms with Crippen LogP contribution in [0.15, 0.2) is 0 Å². The zero-order chi connectivity index (χ0) is 13.4. The topological polar surface area (TPSA) is 81.8 Å². The average Bonchev–Trinajstić information content (AvgIpc) is 2.42. The molecule has 1 heterocycles. The van der Waals surface area contributed by atoms with E-state index in [1.807, 2.05) is 13.8 Å². The largest absolute Gasteiger partial charge is 0.396 e. The van der Waals surface area contributed by atoms with Gasteiger partial charge in [-0.2, -0.15) is 10.4 Å². The quantitative estimate of drug-likeness (QED) is 0.717. The molecule has 0 unspecified atom stereocenters. The molecular weight excluding hydrogens is 228 g/mol. The molecule has 0 bridgehead atoms. The van der Waals surface area contributed by atoms with Crippen molar-refractivity contribution < 1.29 is 5.11 Å². The second kappa shape index (κ2) is 7.62. The Labute approximate surface area is 108 Å². The van der Waals surface area contributed by atoms with E-state index in [0.717, 1.165) is 36.9 Å². The molecule has 0 saturated heterocycles. The summed E-state index contributed by atoms with van der Waals surface area (Å²) in [6.45, 7) is 4.91. The standard InChI is InChI=1S/C13H20N4O/c1-3-10-11(9-14)13(15-7-5-6-8-18)17-16-12(10)4-2/h18H,3-8H2,1-2H3,(H,15,17). The molecule has 98 valence electrons. The number of nitrogens with zero attached hydrogens (tertiary/aromatic N) is 3. The third kappa shape index (κ3) is 3.41. The van der Waals surface area contributed by atoms with Gasteiger partial charge in [-0.3, -0.25) is 0 Å². The third-order valence-corrected chi connectivity index (χ3v) is 2.84. The number of hydrogen-bond donors (Lipinski definition) is 2. The van der Waals surface area contributed by atoms with Crippen molar-refractivity contribution in [2.75, 3.05) is 18.5 Å². The number of anilines is 1. The van der Waals surface area contributed by atoms with Crippen LogP contribution in [0.4, 0.5) is 5.82 Å². The molecular formula is C13H20N4O. The highest BCUT2D eigenvalue weighted by Crippen LogP contribution is 2.19. The number of aromatic nitrogens is 2. The average molecular weight is 248 g/mol. The van der Waals surface area contributed by atoms with E-state index in [-0.39, 0.29) is 6.61 Å². The van der Waals surface area contributed by atoms with Crippen LogP contribution in [0.2, 0.25) is 0 Å². The van der Waals surface area contributed by atoms with E-state index in [0.29, 0.717) is 17.9 Å². The molecule has 1 aromatic heterocycles. The zero-order valence-electron chi connectivity index (χ0n) is 11.0. The SMILES string of the molecule is CCc1nnc(NCCCCO)c(C#N)c1CC. The molecule has 1 rings (SSSR count). The zero-order valence-corrected chi connectivity index (χ0v) is 11.0. The Balaban J connectivity index is 2.89. The minimum atomic E-state index is 0.188. The minimum absolute atomic E-state index is 0.188. The van der Waals surface area contributed by atoms with Crippen molar-refractivity contribution in [2.24, 2.45) is 0 Å². The highest BCUT2D eigenvalue weighted by molar-refractivity contribution is 5.56. The van der Waals surface area contributed by atoms with Gasteiger partial charge in [0, 0.05) is 13.2 Å². The van der Waals surface area contributed by atoms with Gasteiger partial charge < -0.3 is 10.4 Å². The summed E-state index contributed by atoms with van der Waals surface area (Å²) >= 11 is 0. The Morgan fingerprint density at radius 3 is 2.56 bits per heavy atom. The van der Waals surface area contributed by atoms with Gasteiger partial charge in [-0.25, -0.2) is 0 Å². The lowest BCUT2D eigenvalue weighted by molar-refractivity contribution is 0.286. The molecule has 0 aliphatic rings. The van der Waals surface area contributed by atoms with Crippen molar-refractivity contribution in [1.82, 2.24) is 10.2 Å². The molecule has 0 fully saturated rings. The van der Waals surface area contributed by atoms with Crippen LogP contribution in [0.1, 0.15) is 43.5 Å². The number of rotatable bonds is 7. The molecule has 0 amide bonds. The number of hydrogen-bond acceptors (Lipinski definition) is 5. The minimum Gasteiger partial charge on any atom is -0.396 e. The van der Waals surface area contributed by atoms with Gasteiger partial charge in [0.15, 0.2) is 5.82 Å². The normalized spacial score (nSPS) is 10.1. The summed E-state index contributed by atoms with van der Waals surface area (Å²) in [4.78, 5) is 0. The summed E-state index contributed by atoms with van der Waals surface area (Å²) in [5.41, 5.74) is 2.49. The number of aryl methyl sites for hydroxylation is 1. The van der Waals surface area contributed by atoms with Crippen LogP contribution in [0.3, 0.4) is 0 Å². The van der Waals surface area contributed by atoms with Crippen molar-refractivity contribution in [1.29, 1.82) is 5.26 Å². The fourth-order valence-electron chi connectivity index (χ4n) is 1.86. The molecule has 0 spiro atoms. The Bertz CT molecular complexity index is 426. The summed E-state index contributed by atoms with van der Waals surface area (Å²) in [5, 5.41) is 29.3. The lowest BCUT2D eigenvalue weighted by Crippen LogP contribution is -2.11. The fraction of sp³-hybridized carbons (Fsp3) is 0.615. The predicted molar refractivity (Wildman–Crippen MR) is 70.3 cm³/mol. The van der Waals surface area contributed by atoms with Gasteiger partial charge in [-0.1, -0.05) is 13.8 Å². The van der Waals surface area contributed by atoms with Gasteiger partial charge in [0.05, 0.1) is 5.69 Å². The number of nitriles is 1. The second-order valence-electron chi connectivity index (χ2n) is 4.03. The van der Waals surface area contributed by atoms with Crippen LogP contribution in [0.5, 0.6) is 0 Å². The van der Waals surface area contributed by atoms with Crippen molar-refractivity contribution in [3.05, 3.63) is 16.8 Å².